The molecule has 0 aromatic heterocycles. The molecular formula is C10H12O6Sn. The van der Waals surface area contributed by atoms with Gasteiger partial charge in [0, 0.05) is 0 Å². The average Bonchev–Trinajstić information content (AvgIpc) is 2.32. The van der Waals surface area contributed by atoms with Crippen LogP contribution in [0.1, 0.15) is 0 Å². The Labute approximate surface area is 113 Å². The normalized spacial score (nSPS) is 6.06. The molecule has 0 amide bonds. The van der Waals surface area contributed by atoms with Gasteiger partial charge in [-0.05, 0) is 18.2 Å². The van der Waals surface area contributed by atoms with Gasteiger partial charge in [0.2, 0.25) is 0 Å². The molecule has 0 aliphatic heterocycles. The van der Waals surface area contributed by atoms with Gasteiger partial charge < -0.3 is 29.7 Å². The third-order valence-corrected chi connectivity index (χ3v) is 0.500. The summed E-state index contributed by atoms with van der Waals surface area (Å²) in [5.41, 5.74) is 0. The first-order valence-electron chi connectivity index (χ1n) is 3.82. The van der Waals surface area contributed by atoms with Crippen LogP contribution in [0.5, 0.6) is 0 Å². The van der Waals surface area contributed by atoms with Crippen molar-refractivity contribution in [1.29, 1.82) is 0 Å². The molecule has 0 aliphatic rings. The van der Waals surface area contributed by atoms with Crippen LogP contribution in [-0.4, -0.2) is 40.4 Å². The second kappa shape index (κ2) is 23.9. The number of hydrogen-bond donors (Lipinski definition) is 0. The maximum atomic E-state index is 9.14. The zero-order valence-corrected chi connectivity index (χ0v) is 12.2. The van der Waals surface area contributed by atoms with E-state index >= 15 is 0 Å². The fraction of sp³-hybridized carbons (Fsp3) is 0.100. The van der Waals surface area contributed by atoms with E-state index in [0.717, 1.165) is 18.2 Å². The van der Waals surface area contributed by atoms with Crippen molar-refractivity contribution in [1.82, 2.24) is 0 Å². The van der Waals surface area contributed by atoms with E-state index in [1.54, 1.807) is 22.5 Å². The molecule has 0 saturated heterocycles. The standard InChI is InChI=1S/3C3H4O2.CH3.Sn/c3*1-2-3(4)5;;/h3*2H,1H2,(H,4,5);1H3;/q;;;;+3/p-3. The molecule has 0 spiro atoms. The number of carboxylic acids is 3. The Hall–Kier alpha value is -1.57. The number of carbonyl (C=O) groups excluding carboxylic acids is 3. The second-order valence-corrected chi connectivity index (χ2v) is 1.57. The third-order valence-electron chi connectivity index (χ3n) is 0.500. The molecule has 0 rings (SSSR count). The van der Waals surface area contributed by atoms with Crippen molar-refractivity contribution >= 4 is 40.4 Å². The van der Waals surface area contributed by atoms with E-state index in [1.165, 1.54) is 0 Å². The van der Waals surface area contributed by atoms with Gasteiger partial charge in [0.15, 0.2) is 0 Å². The van der Waals surface area contributed by atoms with Gasteiger partial charge >= 0.3 is 27.5 Å². The number of aliphatic carboxylic acids is 3. The van der Waals surface area contributed by atoms with E-state index in [1.807, 2.05) is 0 Å². The molecule has 92 valence electrons. The van der Waals surface area contributed by atoms with Crippen molar-refractivity contribution < 1.29 is 29.7 Å². The van der Waals surface area contributed by atoms with Crippen LogP contribution < -0.4 is 15.3 Å². The molecule has 7 heteroatoms. The molecule has 0 bridgehead atoms. The quantitative estimate of drug-likeness (QED) is 0.396. The first-order valence-corrected chi connectivity index (χ1v) is 6.67. The molecule has 0 fully saturated rings. The topological polar surface area (TPSA) is 120 Å². The summed E-state index contributed by atoms with van der Waals surface area (Å²) in [5, 5.41) is 27.4. The zero-order valence-electron chi connectivity index (χ0n) is 9.30. The molecule has 0 N–H and O–H groups in total. The molecule has 0 atom stereocenters. The minimum atomic E-state index is -1.23. The Morgan fingerprint density at radius 2 is 0.824 bits per heavy atom. The summed E-state index contributed by atoms with van der Waals surface area (Å²) in [6, 6.07) is 0. The van der Waals surface area contributed by atoms with Crippen LogP contribution in [-0.2, 0) is 14.4 Å². The van der Waals surface area contributed by atoms with Gasteiger partial charge in [0.1, 0.15) is 0 Å². The first kappa shape index (κ1) is 24.6. The summed E-state index contributed by atoms with van der Waals surface area (Å²) in [6.07, 6.45) is 2.17. The van der Waals surface area contributed by atoms with Gasteiger partial charge in [0.05, 0.1) is 17.9 Å². The van der Waals surface area contributed by atoms with Crippen molar-refractivity contribution in [2.75, 3.05) is 0 Å². The monoisotopic (exact) mass is 348 g/mol. The molecular weight excluding hydrogens is 335 g/mol. The number of hydrogen-bond acceptors (Lipinski definition) is 6. The van der Waals surface area contributed by atoms with Gasteiger partial charge in [-0.25, -0.2) is 0 Å². The van der Waals surface area contributed by atoms with Crippen molar-refractivity contribution in [3.8, 4) is 0 Å². The predicted octanol–water partition coefficient (Wildman–Crippen LogP) is -3.03. The van der Waals surface area contributed by atoms with E-state index in [2.05, 4.69) is 24.7 Å². The minimum absolute atomic E-state index is 0.722. The Kier molecular flexibility index (Phi) is 34.6. The molecule has 0 aromatic rings. The van der Waals surface area contributed by atoms with Crippen LogP contribution in [0, 0.1) is 0 Å². The second-order valence-electron chi connectivity index (χ2n) is 1.57. The molecule has 0 saturated carbocycles. The summed E-state index contributed by atoms with van der Waals surface area (Å²) >= 11 is 1.55. The zero-order chi connectivity index (χ0) is 14.9. The molecule has 0 heterocycles. The van der Waals surface area contributed by atoms with Crippen LogP contribution in [0.15, 0.2) is 38.0 Å². The van der Waals surface area contributed by atoms with Crippen LogP contribution >= 0.6 is 0 Å². The molecule has 0 radical (unpaired) electrons. The first-order chi connectivity index (χ1) is 7.81. The predicted molar refractivity (Wildman–Crippen MR) is 57.2 cm³/mol. The fourth-order valence-electron chi connectivity index (χ4n) is 0. The molecule has 17 heavy (non-hydrogen) atoms. The summed E-state index contributed by atoms with van der Waals surface area (Å²) in [4.78, 5) is 29.5. The molecule has 0 aliphatic carbocycles. The summed E-state index contributed by atoms with van der Waals surface area (Å²) in [6.45, 7) is 8.69. The van der Waals surface area contributed by atoms with Crippen molar-refractivity contribution in [3.05, 3.63) is 38.0 Å². The summed E-state index contributed by atoms with van der Waals surface area (Å²) in [7, 11) is 0. The van der Waals surface area contributed by atoms with E-state index in [0.29, 0.717) is 0 Å². The molecule has 0 aromatic carbocycles. The Morgan fingerprint density at radius 1 is 0.765 bits per heavy atom. The van der Waals surface area contributed by atoms with Gasteiger partial charge in [0.25, 0.3) is 0 Å². The van der Waals surface area contributed by atoms with E-state index in [4.69, 9.17) is 29.7 Å². The van der Waals surface area contributed by atoms with Crippen LogP contribution in [0.4, 0.5) is 0 Å². The number of carboxylic acid groups (broad SMARTS) is 3. The molecule has 0 unspecified atom stereocenters. The van der Waals surface area contributed by atoms with E-state index in [9.17, 15) is 0 Å². The van der Waals surface area contributed by atoms with Crippen molar-refractivity contribution in [3.63, 3.8) is 0 Å². The average molecular weight is 347 g/mol. The molecule has 6 nitrogen and oxygen atoms in total. The van der Waals surface area contributed by atoms with E-state index in [-0.39, 0.29) is 0 Å². The SMILES string of the molecule is C=CC(=O)[O-].C=CC(=O)[O-].C=CC(=O)[O-].[CH3][Sn+3]. The van der Waals surface area contributed by atoms with Gasteiger partial charge in [-0.15, -0.1) is 0 Å². The van der Waals surface area contributed by atoms with Crippen molar-refractivity contribution in [2.45, 2.75) is 4.94 Å². The van der Waals surface area contributed by atoms with Gasteiger partial charge in [-0.3, -0.25) is 0 Å². The van der Waals surface area contributed by atoms with Crippen LogP contribution in [0.2, 0.25) is 4.94 Å². The summed E-state index contributed by atoms with van der Waals surface area (Å²) in [5.74, 6) is -3.69. The van der Waals surface area contributed by atoms with Crippen LogP contribution in [0.25, 0.3) is 0 Å². The Bertz CT molecular complexity index is 217. The maximum absolute atomic E-state index is 9.14. The third kappa shape index (κ3) is 114. The number of rotatable bonds is 3. The number of carbonyl (C=O) groups is 3. The summed E-state index contributed by atoms with van der Waals surface area (Å²) < 4.78 is 0. The van der Waals surface area contributed by atoms with Gasteiger partial charge in [-0.2, -0.15) is 0 Å². The van der Waals surface area contributed by atoms with Gasteiger partial charge in [-0.1, -0.05) is 19.7 Å². The van der Waals surface area contributed by atoms with Crippen molar-refractivity contribution in [2.24, 2.45) is 0 Å². The fourth-order valence-corrected chi connectivity index (χ4v) is 0. The Balaban J connectivity index is -0.0000000693. The van der Waals surface area contributed by atoms with E-state index < -0.39 is 17.9 Å². The Morgan fingerprint density at radius 3 is 0.824 bits per heavy atom. The van der Waals surface area contributed by atoms with Crippen LogP contribution in [0.3, 0.4) is 0 Å².